The van der Waals surface area contributed by atoms with Crippen molar-refractivity contribution in [3.8, 4) is 0 Å². The van der Waals surface area contributed by atoms with E-state index in [1.54, 1.807) is 0 Å². The molecule has 126 valence electrons. The smallest absolute Gasteiger partial charge is 0.325 e. The molecule has 4 nitrogen and oxygen atoms in total. The van der Waals surface area contributed by atoms with E-state index in [0.29, 0.717) is 0 Å². The summed E-state index contributed by atoms with van der Waals surface area (Å²) in [5.74, 6) is -0.892. The minimum Gasteiger partial charge on any atom is -0.480 e. The molecule has 0 spiro atoms. The molecule has 0 aliphatic heterocycles. The lowest BCUT2D eigenvalue weighted by molar-refractivity contribution is -0.135. The van der Waals surface area contributed by atoms with Gasteiger partial charge in [-0.1, -0.05) is 45.9 Å². The third kappa shape index (κ3) is 5.89. The molecule has 2 rings (SSSR count). The highest BCUT2D eigenvalue weighted by molar-refractivity contribution is 6.02. The molecule has 0 aromatic heterocycles. The Kier molecular flexibility index (Phi) is 7.01. The summed E-state index contributed by atoms with van der Waals surface area (Å²) in [5, 5.41) is 12.3. The van der Waals surface area contributed by atoms with E-state index in [1.165, 1.54) is 0 Å². The number of para-hydroxylation sites is 1. The van der Waals surface area contributed by atoms with Crippen LogP contribution in [0.5, 0.6) is 0 Å². The summed E-state index contributed by atoms with van der Waals surface area (Å²) in [6.45, 7) is 10.2. The Labute approximate surface area is 139 Å². The first-order valence-electron chi connectivity index (χ1n) is 8.15. The Morgan fingerprint density at radius 2 is 1.83 bits per heavy atom. The molecule has 0 saturated carbocycles. The Hall–Kier alpha value is -2.10. The molecule has 0 amide bonds. The third-order valence-electron chi connectivity index (χ3n) is 3.66. The van der Waals surface area contributed by atoms with Crippen LogP contribution < -0.4 is 5.32 Å². The maximum atomic E-state index is 10.7. The van der Waals surface area contributed by atoms with Crippen molar-refractivity contribution in [2.24, 2.45) is 10.4 Å². The lowest BCUT2D eigenvalue weighted by Gasteiger charge is -2.34. The van der Waals surface area contributed by atoms with Crippen molar-refractivity contribution in [2.45, 2.75) is 47.5 Å². The highest BCUT2D eigenvalue weighted by atomic mass is 16.4. The van der Waals surface area contributed by atoms with Gasteiger partial charge < -0.3 is 10.4 Å². The van der Waals surface area contributed by atoms with Crippen LogP contribution in [-0.2, 0) is 4.79 Å². The first-order chi connectivity index (χ1) is 10.9. The van der Waals surface area contributed by atoms with E-state index in [9.17, 15) is 4.79 Å². The number of nitrogens with zero attached hydrogens (tertiary/aromatic N) is 1. The van der Waals surface area contributed by atoms with Crippen molar-refractivity contribution in [3.63, 3.8) is 0 Å². The summed E-state index contributed by atoms with van der Waals surface area (Å²) in [6.07, 6.45) is 1.74. The number of benzene rings is 1. The van der Waals surface area contributed by atoms with E-state index in [4.69, 9.17) is 5.11 Å². The molecular weight excluding hydrogens is 288 g/mol. The molecule has 0 radical (unpaired) electrons. The van der Waals surface area contributed by atoms with Crippen molar-refractivity contribution < 1.29 is 9.90 Å². The van der Waals surface area contributed by atoms with E-state index in [0.717, 1.165) is 35.5 Å². The molecule has 1 aliphatic rings. The van der Waals surface area contributed by atoms with Gasteiger partial charge in [0, 0.05) is 17.1 Å². The number of allylic oxidation sites excluding steroid dienone is 2. The highest BCUT2D eigenvalue weighted by Crippen LogP contribution is 2.37. The molecule has 0 fully saturated rings. The standard InChI is InChI=1S/C17H22N2O2.C2H6/c1-12-14(18-11-16(20)21)9-17(2,3)10-15(12)19-13-7-5-4-6-8-13;1-2/h4-8,19H,9-11H2,1-3H3,(H,20,21);1-2H3. The zero-order chi connectivity index (χ0) is 17.5. The SMILES string of the molecule is CC.CC1=C(Nc2ccccc2)CC(C)(C)CC1=NCC(=O)O. The molecule has 0 saturated heterocycles. The molecule has 0 heterocycles. The second-order valence-corrected chi connectivity index (χ2v) is 6.27. The number of anilines is 1. The fourth-order valence-electron chi connectivity index (χ4n) is 2.60. The Morgan fingerprint density at radius 3 is 2.39 bits per heavy atom. The summed E-state index contributed by atoms with van der Waals surface area (Å²) in [5.41, 5.74) is 4.21. The second-order valence-electron chi connectivity index (χ2n) is 6.27. The topological polar surface area (TPSA) is 61.7 Å². The fraction of sp³-hybridized carbons (Fsp3) is 0.474. The van der Waals surface area contributed by atoms with Gasteiger partial charge in [0.1, 0.15) is 6.54 Å². The van der Waals surface area contributed by atoms with E-state index in [1.807, 2.05) is 51.1 Å². The minimum atomic E-state index is -0.892. The highest BCUT2D eigenvalue weighted by Gasteiger charge is 2.29. The van der Waals surface area contributed by atoms with Crippen LogP contribution in [0, 0.1) is 5.41 Å². The van der Waals surface area contributed by atoms with Gasteiger partial charge in [-0.25, -0.2) is 0 Å². The Bertz CT molecular complexity index is 587. The van der Waals surface area contributed by atoms with Gasteiger partial charge in [-0.15, -0.1) is 0 Å². The lowest BCUT2D eigenvalue weighted by Crippen LogP contribution is -2.28. The maximum Gasteiger partial charge on any atom is 0.325 e. The number of nitrogens with one attached hydrogen (secondary N) is 1. The molecule has 0 bridgehead atoms. The molecule has 4 heteroatoms. The zero-order valence-corrected chi connectivity index (χ0v) is 14.8. The van der Waals surface area contributed by atoms with E-state index < -0.39 is 5.97 Å². The van der Waals surface area contributed by atoms with E-state index in [-0.39, 0.29) is 12.0 Å². The normalized spacial score (nSPS) is 18.2. The Balaban J connectivity index is 0.00000127. The molecule has 0 unspecified atom stereocenters. The van der Waals surface area contributed by atoms with Gasteiger partial charge in [-0.2, -0.15) is 0 Å². The monoisotopic (exact) mass is 316 g/mol. The first-order valence-corrected chi connectivity index (χ1v) is 8.15. The molecule has 1 aliphatic carbocycles. The van der Waals surface area contributed by atoms with E-state index >= 15 is 0 Å². The van der Waals surface area contributed by atoms with Crippen LogP contribution in [0.25, 0.3) is 0 Å². The van der Waals surface area contributed by atoms with Gasteiger partial charge in [-0.05, 0) is 42.9 Å². The number of aliphatic carboxylic acids is 1. The van der Waals surface area contributed by atoms with Gasteiger partial charge in [0.05, 0.1) is 0 Å². The Morgan fingerprint density at radius 1 is 1.22 bits per heavy atom. The average Bonchev–Trinajstić information content (AvgIpc) is 2.52. The second kappa shape index (κ2) is 8.51. The zero-order valence-electron chi connectivity index (χ0n) is 14.8. The van der Waals surface area contributed by atoms with Crippen molar-refractivity contribution >= 4 is 17.4 Å². The molecule has 1 aromatic carbocycles. The van der Waals surface area contributed by atoms with Gasteiger partial charge in [0.15, 0.2) is 0 Å². The number of aliphatic imine (C=N–C) groups is 1. The van der Waals surface area contributed by atoms with Crippen molar-refractivity contribution in [2.75, 3.05) is 11.9 Å². The number of hydrogen-bond donors (Lipinski definition) is 2. The van der Waals surface area contributed by atoms with Crippen molar-refractivity contribution in [1.29, 1.82) is 0 Å². The quantitative estimate of drug-likeness (QED) is 0.843. The minimum absolute atomic E-state index is 0.0773. The van der Waals surface area contributed by atoms with Crippen LogP contribution in [0.3, 0.4) is 0 Å². The average molecular weight is 316 g/mol. The number of carboxylic acids is 1. The van der Waals surface area contributed by atoms with Crippen LogP contribution >= 0.6 is 0 Å². The lowest BCUT2D eigenvalue weighted by atomic mass is 9.75. The van der Waals surface area contributed by atoms with Gasteiger partial charge >= 0.3 is 5.97 Å². The summed E-state index contributed by atoms with van der Waals surface area (Å²) < 4.78 is 0. The molecule has 23 heavy (non-hydrogen) atoms. The van der Waals surface area contributed by atoms with Crippen molar-refractivity contribution in [1.82, 2.24) is 0 Å². The summed E-state index contributed by atoms with van der Waals surface area (Å²) in [6, 6.07) is 10.0. The largest absolute Gasteiger partial charge is 0.480 e. The molecule has 2 N–H and O–H groups in total. The number of hydrogen-bond acceptors (Lipinski definition) is 3. The number of carbonyl (C=O) groups is 1. The molecular formula is C19H28N2O2. The van der Waals surface area contributed by atoms with Gasteiger partial charge in [-0.3, -0.25) is 9.79 Å². The summed E-state index contributed by atoms with van der Waals surface area (Å²) >= 11 is 0. The summed E-state index contributed by atoms with van der Waals surface area (Å²) in [7, 11) is 0. The van der Waals surface area contributed by atoms with E-state index in [2.05, 4.69) is 24.2 Å². The molecule has 0 atom stereocenters. The van der Waals surface area contributed by atoms with Crippen LogP contribution in [0.2, 0.25) is 0 Å². The first kappa shape index (κ1) is 18.9. The third-order valence-corrected chi connectivity index (χ3v) is 3.66. The van der Waals surface area contributed by atoms with Crippen molar-refractivity contribution in [3.05, 3.63) is 41.6 Å². The maximum absolute atomic E-state index is 10.7. The number of carboxylic acid groups (broad SMARTS) is 1. The van der Waals surface area contributed by atoms with Gasteiger partial charge in [0.2, 0.25) is 0 Å². The molecule has 1 aromatic rings. The predicted molar refractivity (Wildman–Crippen MR) is 97.1 cm³/mol. The van der Waals surface area contributed by atoms with Crippen LogP contribution in [-0.4, -0.2) is 23.3 Å². The summed E-state index contributed by atoms with van der Waals surface area (Å²) in [4.78, 5) is 15.0. The van der Waals surface area contributed by atoms with Gasteiger partial charge in [0.25, 0.3) is 0 Å². The number of rotatable bonds is 4. The van der Waals surface area contributed by atoms with Crippen LogP contribution in [0.4, 0.5) is 5.69 Å². The van der Waals surface area contributed by atoms with Crippen LogP contribution in [0.15, 0.2) is 46.6 Å². The predicted octanol–water partition coefficient (Wildman–Crippen LogP) is 4.74. The fourth-order valence-corrected chi connectivity index (χ4v) is 2.60. The van der Waals surface area contributed by atoms with Crippen LogP contribution in [0.1, 0.15) is 47.5 Å².